The highest BCUT2D eigenvalue weighted by molar-refractivity contribution is 8.00. The van der Waals surface area contributed by atoms with Crippen LogP contribution in [-0.2, 0) is 9.53 Å². The highest BCUT2D eigenvalue weighted by Gasteiger charge is 2.22. The van der Waals surface area contributed by atoms with E-state index in [4.69, 9.17) is 9.15 Å². The number of amides is 2. The molecule has 0 fully saturated rings. The lowest BCUT2D eigenvalue weighted by atomic mass is 10.0. The van der Waals surface area contributed by atoms with E-state index in [0.29, 0.717) is 21.8 Å². The lowest BCUT2D eigenvalue weighted by Crippen LogP contribution is -2.16. The Morgan fingerprint density at radius 2 is 1.83 bits per heavy atom. The summed E-state index contributed by atoms with van der Waals surface area (Å²) in [5.41, 5.74) is 3.62. The van der Waals surface area contributed by atoms with Gasteiger partial charge in [0.05, 0.1) is 19.1 Å². The molecule has 4 rings (SSSR count). The summed E-state index contributed by atoms with van der Waals surface area (Å²) in [6.45, 7) is 1.99. The minimum Gasteiger partial charge on any atom is -0.465 e. The lowest BCUT2D eigenvalue weighted by Gasteiger charge is -2.09. The molecule has 0 saturated heterocycles. The molecule has 0 spiro atoms. The number of ether oxygens (including phenoxy) is 1. The molecule has 0 bridgehead atoms. The number of hydrogen-bond donors (Lipinski definition) is 2. The second-order valence-electron chi connectivity index (χ2n) is 7.51. The Kier molecular flexibility index (Phi) is 7.69. The maximum absolute atomic E-state index is 12.7. The molecule has 0 aliphatic carbocycles. The van der Waals surface area contributed by atoms with Crippen molar-refractivity contribution in [2.75, 3.05) is 23.5 Å². The van der Waals surface area contributed by atoms with Crippen LogP contribution in [-0.4, -0.2) is 30.6 Å². The summed E-state index contributed by atoms with van der Waals surface area (Å²) in [4.78, 5) is 38.2. The number of esters is 1. The first kappa shape index (κ1) is 24.3. The van der Waals surface area contributed by atoms with E-state index in [1.54, 1.807) is 30.3 Å². The van der Waals surface area contributed by atoms with Crippen LogP contribution in [0.15, 0.2) is 81.6 Å². The zero-order valence-electron chi connectivity index (χ0n) is 19.0. The second-order valence-corrected chi connectivity index (χ2v) is 9.44. The zero-order chi connectivity index (χ0) is 24.8. The molecular weight excluding hydrogens is 484 g/mol. The number of benzene rings is 2. The number of hydrogen-bond acceptors (Lipinski definition) is 7. The topological polar surface area (TPSA) is 97.6 Å². The molecular formula is C26H22N2O5S2. The minimum atomic E-state index is -0.509. The minimum absolute atomic E-state index is 0.119. The van der Waals surface area contributed by atoms with Crippen LogP contribution in [0.25, 0.3) is 11.1 Å². The summed E-state index contributed by atoms with van der Waals surface area (Å²) >= 11 is 2.59. The van der Waals surface area contributed by atoms with E-state index in [-0.39, 0.29) is 23.3 Å². The Bertz CT molecular complexity index is 1340. The monoisotopic (exact) mass is 506 g/mol. The predicted molar refractivity (Wildman–Crippen MR) is 138 cm³/mol. The summed E-state index contributed by atoms with van der Waals surface area (Å²) in [5, 5.41) is 7.88. The maximum Gasteiger partial charge on any atom is 0.341 e. The van der Waals surface area contributed by atoms with Gasteiger partial charge in [0.1, 0.15) is 10.6 Å². The third-order valence-corrected chi connectivity index (χ3v) is 6.89. The average Bonchev–Trinajstić information content (AvgIpc) is 3.54. The molecule has 2 aromatic carbocycles. The number of anilines is 2. The number of carbonyl (C=O) groups is 3. The van der Waals surface area contributed by atoms with Crippen molar-refractivity contribution in [2.24, 2.45) is 0 Å². The van der Waals surface area contributed by atoms with Gasteiger partial charge in [-0.3, -0.25) is 9.59 Å². The number of thiophene rings is 1. The molecule has 0 atom stereocenters. The van der Waals surface area contributed by atoms with Crippen molar-refractivity contribution < 1.29 is 23.5 Å². The number of nitrogens with one attached hydrogen (secondary N) is 2. The van der Waals surface area contributed by atoms with Crippen LogP contribution < -0.4 is 10.6 Å². The maximum atomic E-state index is 12.7. The number of aryl methyl sites for hydroxylation is 1. The molecule has 2 N–H and O–H groups in total. The van der Waals surface area contributed by atoms with Gasteiger partial charge in [0.15, 0.2) is 5.76 Å². The van der Waals surface area contributed by atoms with Crippen molar-refractivity contribution in [1.29, 1.82) is 0 Å². The first-order chi connectivity index (χ1) is 16.9. The van der Waals surface area contributed by atoms with E-state index in [1.807, 2.05) is 42.6 Å². The smallest absolute Gasteiger partial charge is 0.341 e. The molecule has 2 amide bonds. The van der Waals surface area contributed by atoms with Crippen molar-refractivity contribution in [3.05, 3.63) is 89.2 Å². The molecule has 0 saturated carbocycles. The fraction of sp³-hybridized carbons (Fsp3) is 0.115. The molecule has 0 aliphatic rings. The average molecular weight is 507 g/mol. The van der Waals surface area contributed by atoms with E-state index >= 15 is 0 Å². The van der Waals surface area contributed by atoms with Crippen LogP contribution in [0.1, 0.15) is 26.5 Å². The number of methoxy groups -OCH3 is 1. The fourth-order valence-corrected chi connectivity index (χ4v) is 5.00. The standard InChI is InChI=1S/C26H22N2O5S2/c1-16-8-10-17(11-9-16)20-14-35-25(23(20)26(31)32-2)28-22(29)15-34-19-6-3-5-18(13-19)27-24(30)21-7-4-12-33-21/h3-14H,15H2,1-2H3,(H,27,30)(H,28,29). The molecule has 0 unspecified atom stereocenters. The van der Waals surface area contributed by atoms with Crippen LogP contribution >= 0.6 is 23.1 Å². The van der Waals surface area contributed by atoms with Gasteiger partial charge < -0.3 is 19.8 Å². The highest BCUT2D eigenvalue weighted by Crippen LogP contribution is 2.36. The van der Waals surface area contributed by atoms with Gasteiger partial charge in [-0.05, 0) is 42.8 Å². The Hall–Kier alpha value is -3.82. The molecule has 2 aromatic heterocycles. The quantitative estimate of drug-likeness (QED) is 0.222. The van der Waals surface area contributed by atoms with Crippen LogP contribution in [0.2, 0.25) is 0 Å². The number of rotatable bonds is 8. The van der Waals surface area contributed by atoms with Crippen molar-refractivity contribution in [2.45, 2.75) is 11.8 Å². The third-order valence-electron chi connectivity index (χ3n) is 5.00. The first-order valence-electron chi connectivity index (χ1n) is 10.6. The molecule has 0 radical (unpaired) electrons. The SMILES string of the molecule is COC(=O)c1c(-c2ccc(C)cc2)csc1NC(=O)CSc1cccc(NC(=O)c2ccco2)c1. The summed E-state index contributed by atoms with van der Waals surface area (Å²) in [6, 6.07) is 18.2. The van der Waals surface area contributed by atoms with Gasteiger partial charge in [0.2, 0.25) is 5.91 Å². The zero-order valence-corrected chi connectivity index (χ0v) is 20.6. The first-order valence-corrected chi connectivity index (χ1v) is 12.5. The van der Waals surface area contributed by atoms with Gasteiger partial charge in [-0.1, -0.05) is 35.9 Å². The lowest BCUT2D eigenvalue weighted by molar-refractivity contribution is -0.113. The van der Waals surface area contributed by atoms with Gasteiger partial charge in [0.25, 0.3) is 5.91 Å². The van der Waals surface area contributed by atoms with Crippen molar-refractivity contribution in [1.82, 2.24) is 0 Å². The van der Waals surface area contributed by atoms with Gasteiger partial charge in [0, 0.05) is 21.5 Å². The van der Waals surface area contributed by atoms with Crippen LogP contribution in [0.3, 0.4) is 0 Å². The molecule has 9 heteroatoms. The largest absolute Gasteiger partial charge is 0.465 e. The van der Waals surface area contributed by atoms with Crippen molar-refractivity contribution in [3.8, 4) is 11.1 Å². The Balaban J connectivity index is 1.42. The van der Waals surface area contributed by atoms with Crippen LogP contribution in [0, 0.1) is 6.92 Å². The van der Waals surface area contributed by atoms with Gasteiger partial charge in [-0.2, -0.15) is 0 Å². The number of thioether (sulfide) groups is 1. The summed E-state index contributed by atoms with van der Waals surface area (Å²) in [6.07, 6.45) is 1.43. The van der Waals surface area contributed by atoms with E-state index in [0.717, 1.165) is 16.0 Å². The second kappa shape index (κ2) is 11.1. The molecule has 4 aromatic rings. The fourth-order valence-electron chi connectivity index (χ4n) is 3.28. The van der Waals surface area contributed by atoms with E-state index in [2.05, 4.69) is 10.6 Å². The van der Waals surface area contributed by atoms with Crippen LogP contribution in [0.4, 0.5) is 10.7 Å². The third kappa shape index (κ3) is 6.00. The van der Waals surface area contributed by atoms with Gasteiger partial charge >= 0.3 is 5.97 Å². The van der Waals surface area contributed by atoms with E-state index in [9.17, 15) is 14.4 Å². The van der Waals surface area contributed by atoms with Gasteiger partial charge in [-0.25, -0.2) is 4.79 Å². The van der Waals surface area contributed by atoms with Crippen molar-refractivity contribution >= 4 is 51.6 Å². The Morgan fingerprint density at radius 3 is 2.54 bits per heavy atom. The molecule has 2 heterocycles. The van der Waals surface area contributed by atoms with E-state index in [1.165, 1.54) is 36.5 Å². The van der Waals surface area contributed by atoms with Crippen LogP contribution in [0.5, 0.6) is 0 Å². The highest BCUT2D eigenvalue weighted by atomic mass is 32.2. The summed E-state index contributed by atoms with van der Waals surface area (Å²) < 4.78 is 10.1. The molecule has 0 aliphatic heterocycles. The molecule has 7 nitrogen and oxygen atoms in total. The number of furan rings is 1. The van der Waals surface area contributed by atoms with E-state index < -0.39 is 5.97 Å². The predicted octanol–water partition coefficient (Wildman–Crippen LogP) is 6.09. The Labute approximate surface area is 210 Å². The normalized spacial score (nSPS) is 10.6. The summed E-state index contributed by atoms with van der Waals surface area (Å²) in [7, 11) is 1.32. The molecule has 35 heavy (non-hydrogen) atoms. The number of carbonyl (C=O) groups excluding carboxylic acids is 3. The van der Waals surface area contributed by atoms with Crippen molar-refractivity contribution in [3.63, 3.8) is 0 Å². The summed E-state index contributed by atoms with van der Waals surface area (Å²) in [5.74, 6) is -0.794. The van der Waals surface area contributed by atoms with Gasteiger partial charge in [-0.15, -0.1) is 23.1 Å². The molecule has 178 valence electrons. The Morgan fingerprint density at radius 1 is 1.03 bits per heavy atom.